The molecule has 2 rings (SSSR count). The highest BCUT2D eigenvalue weighted by atomic mass is 19.4. The number of anilines is 1. The quantitative estimate of drug-likeness (QED) is 0.795. The van der Waals surface area contributed by atoms with Gasteiger partial charge in [-0.1, -0.05) is 0 Å². The molecule has 0 saturated carbocycles. The molecule has 1 aromatic carbocycles. The van der Waals surface area contributed by atoms with Crippen molar-refractivity contribution in [3.05, 3.63) is 29.3 Å². The third kappa shape index (κ3) is 4.31. The van der Waals surface area contributed by atoms with Crippen molar-refractivity contribution in [2.24, 2.45) is 5.73 Å². The molecule has 0 atom stereocenters. The largest absolute Gasteiger partial charge is 0.416 e. The summed E-state index contributed by atoms with van der Waals surface area (Å²) in [6.45, 7) is -0.199. The van der Waals surface area contributed by atoms with Crippen LogP contribution in [0.3, 0.4) is 0 Å². The van der Waals surface area contributed by atoms with Crippen molar-refractivity contribution in [3.8, 4) is 0 Å². The van der Waals surface area contributed by atoms with Gasteiger partial charge in [-0.25, -0.2) is 0 Å². The van der Waals surface area contributed by atoms with E-state index in [2.05, 4.69) is 5.32 Å². The van der Waals surface area contributed by atoms with E-state index in [4.69, 9.17) is 5.73 Å². The van der Waals surface area contributed by atoms with E-state index >= 15 is 0 Å². The standard InChI is InChI=1S/C15H16F3N3O3/c16-15(17,18)10-5-9(8-19)6-11(7-10)20-12(22)3-4-21-13(23)1-2-14(21)24/h5-7H,1-4,8,19H2,(H,20,22). The Bertz CT molecular complexity index is 658. The molecule has 1 aliphatic heterocycles. The van der Waals surface area contributed by atoms with Crippen LogP contribution >= 0.6 is 0 Å². The lowest BCUT2D eigenvalue weighted by molar-refractivity contribution is -0.139. The zero-order valence-corrected chi connectivity index (χ0v) is 12.7. The van der Waals surface area contributed by atoms with Gasteiger partial charge in [-0.05, 0) is 23.8 Å². The molecule has 1 saturated heterocycles. The van der Waals surface area contributed by atoms with Crippen molar-refractivity contribution < 1.29 is 27.6 Å². The van der Waals surface area contributed by atoms with Gasteiger partial charge >= 0.3 is 6.18 Å². The minimum atomic E-state index is -4.56. The number of nitrogens with one attached hydrogen (secondary N) is 1. The third-order valence-corrected chi connectivity index (χ3v) is 3.56. The van der Waals surface area contributed by atoms with E-state index < -0.39 is 17.6 Å². The molecule has 1 fully saturated rings. The number of alkyl halides is 3. The highest BCUT2D eigenvalue weighted by Gasteiger charge is 2.31. The highest BCUT2D eigenvalue weighted by Crippen LogP contribution is 2.32. The maximum atomic E-state index is 12.8. The van der Waals surface area contributed by atoms with Gasteiger partial charge < -0.3 is 11.1 Å². The molecule has 3 N–H and O–H groups in total. The first kappa shape index (κ1) is 17.9. The van der Waals surface area contributed by atoms with Crippen molar-refractivity contribution in [1.29, 1.82) is 0 Å². The van der Waals surface area contributed by atoms with Crippen LogP contribution in [0.25, 0.3) is 0 Å². The predicted octanol–water partition coefficient (Wildman–Crippen LogP) is 1.64. The van der Waals surface area contributed by atoms with Gasteiger partial charge in [-0.3, -0.25) is 19.3 Å². The van der Waals surface area contributed by atoms with Crippen LogP contribution in [-0.4, -0.2) is 29.2 Å². The number of hydrogen-bond acceptors (Lipinski definition) is 4. The van der Waals surface area contributed by atoms with Crippen molar-refractivity contribution in [3.63, 3.8) is 0 Å². The maximum absolute atomic E-state index is 12.8. The van der Waals surface area contributed by atoms with Crippen LogP contribution in [0.1, 0.15) is 30.4 Å². The lowest BCUT2D eigenvalue weighted by Crippen LogP contribution is -2.32. The molecule has 130 valence electrons. The average molecular weight is 343 g/mol. The number of hydrogen-bond donors (Lipinski definition) is 2. The monoisotopic (exact) mass is 343 g/mol. The fraction of sp³-hybridized carbons (Fsp3) is 0.400. The third-order valence-electron chi connectivity index (χ3n) is 3.56. The molecule has 24 heavy (non-hydrogen) atoms. The van der Waals surface area contributed by atoms with E-state index in [0.29, 0.717) is 0 Å². The molecular formula is C15H16F3N3O3. The maximum Gasteiger partial charge on any atom is 0.416 e. The Hall–Kier alpha value is -2.42. The van der Waals surface area contributed by atoms with Gasteiger partial charge in [-0.2, -0.15) is 13.2 Å². The van der Waals surface area contributed by atoms with Crippen molar-refractivity contribution in [2.45, 2.75) is 32.0 Å². The van der Waals surface area contributed by atoms with Crippen LogP contribution in [-0.2, 0) is 27.1 Å². The van der Waals surface area contributed by atoms with Crippen molar-refractivity contribution >= 4 is 23.4 Å². The molecule has 1 aromatic rings. The van der Waals surface area contributed by atoms with Crippen LogP contribution in [0.15, 0.2) is 18.2 Å². The minimum Gasteiger partial charge on any atom is -0.326 e. The summed E-state index contributed by atoms with van der Waals surface area (Å²) in [4.78, 5) is 35.7. The molecule has 3 amide bonds. The van der Waals surface area contributed by atoms with Gasteiger partial charge in [0.05, 0.1) is 5.56 Å². The molecule has 0 bridgehead atoms. The lowest BCUT2D eigenvalue weighted by Gasteiger charge is -2.15. The van der Waals surface area contributed by atoms with Crippen LogP contribution in [0, 0.1) is 0 Å². The molecular weight excluding hydrogens is 327 g/mol. The van der Waals surface area contributed by atoms with E-state index in [1.807, 2.05) is 0 Å². The topological polar surface area (TPSA) is 92.5 Å². The van der Waals surface area contributed by atoms with Gasteiger partial charge in [0, 0.05) is 38.0 Å². The number of amides is 3. The highest BCUT2D eigenvalue weighted by molar-refractivity contribution is 6.02. The molecule has 1 heterocycles. The summed E-state index contributed by atoms with van der Waals surface area (Å²) in [5, 5.41) is 2.34. The molecule has 0 unspecified atom stereocenters. The summed E-state index contributed by atoms with van der Waals surface area (Å²) < 4.78 is 38.5. The number of nitrogens with two attached hydrogens (primary N) is 1. The number of rotatable bonds is 5. The second-order valence-electron chi connectivity index (χ2n) is 5.36. The summed E-state index contributed by atoms with van der Waals surface area (Å²) >= 11 is 0. The normalized spacial score (nSPS) is 15.1. The summed E-state index contributed by atoms with van der Waals surface area (Å²) in [6, 6.07) is 3.07. The summed E-state index contributed by atoms with van der Waals surface area (Å²) in [6.07, 6.45) is -4.51. The number of carbonyl (C=O) groups excluding carboxylic acids is 3. The summed E-state index contributed by atoms with van der Waals surface area (Å²) in [7, 11) is 0. The Morgan fingerprint density at radius 1 is 1.17 bits per heavy atom. The Morgan fingerprint density at radius 2 is 1.79 bits per heavy atom. The number of halogens is 3. The molecule has 1 aliphatic rings. The van der Waals surface area contributed by atoms with E-state index in [1.54, 1.807) is 0 Å². The minimum absolute atomic E-state index is 0.0330. The molecule has 0 aliphatic carbocycles. The summed E-state index contributed by atoms with van der Waals surface area (Å²) in [5.41, 5.74) is 4.65. The average Bonchev–Trinajstić information content (AvgIpc) is 2.82. The lowest BCUT2D eigenvalue weighted by atomic mass is 10.1. The number of likely N-dealkylation sites (tertiary alicyclic amines) is 1. The smallest absolute Gasteiger partial charge is 0.326 e. The van der Waals surface area contributed by atoms with Crippen molar-refractivity contribution in [1.82, 2.24) is 4.90 Å². The van der Waals surface area contributed by atoms with Gasteiger partial charge in [0.15, 0.2) is 0 Å². The molecule has 0 radical (unpaired) electrons. The first-order valence-electron chi connectivity index (χ1n) is 7.25. The van der Waals surface area contributed by atoms with E-state index in [0.717, 1.165) is 17.0 Å². The second-order valence-corrected chi connectivity index (χ2v) is 5.36. The van der Waals surface area contributed by atoms with Gasteiger partial charge in [0.2, 0.25) is 17.7 Å². The fourth-order valence-corrected chi connectivity index (χ4v) is 2.35. The number of imide groups is 1. The van der Waals surface area contributed by atoms with Crippen LogP contribution in [0.5, 0.6) is 0 Å². The fourth-order valence-electron chi connectivity index (χ4n) is 2.35. The molecule has 6 nitrogen and oxygen atoms in total. The molecule has 0 spiro atoms. The van der Waals surface area contributed by atoms with Gasteiger partial charge in [0.25, 0.3) is 0 Å². The Labute approximate surface area is 135 Å². The van der Waals surface area contributed by atoms with Gasteiger partial charge in [-0.15, -0.1) is 0 Å². The van der Waals surface area contributed by atoms with Gasteiger partial charge in [0.1, 0.15) is 0 Å². The number of benzene rings is 1. The second kappa shape index (κ2) is 7.00. The number of carbonyl (C=O) groups is 3. The van der Waals surface area contributed by atoms with Crippen LogP contribution in [0.2, 0.25) is 0 Å². The summed E-state index contributed by atoms with van der Waals surface area (Å²) in [5.74, 6) is -1.29. The Morgan fingerprint density at radius 3 is 2.33 bits per heavy atom. The zero-order chi connectivity index (χ0) is 17.9. The first-order valence-corrected chi connectivity index (χ1v) is 7.25. The van der Waals surface area contributed by atoms with E-state index in [9.17, 15) is 27.6 Å². The first-order chi connectivity index (χ1) is 11.2. The van der Waals surface area contributed by atoms with E-state index in [-0.39, 0.29) is 55.4 Å². The Kier molecular flexibility index (Phi) is 5.23. The predicted molar refractivity (Wildman–Crippen MR) is 78.5 cm³/mol. The van der Waals surface area contributed by atoms with Crippen molar-refractivity contribution in [2.75, 3.05) is 11.9 Å². The molecule has 0 aromatic heterocycles. The molecule has 9 heteroatoms. The zero-order valence-electron chi connectivity index (χ0n) is 12.7. The van der Waals surface area contributed by atoms with Crippen LogP contribution < -0.4 is 11.1 Å². The SMILES string of the molecule is NCc1cc(NC(=O)CCN2C(=O)CCC2=O)cc(C(F)(F)F)c1. The van der Waals surface area contributed by atoms with E-state index in [1.165, 1.54) is 6.07 Å². The van der Waals surface area contributed by atoms with Crippen LogP contribution in [0.4, 0.5) is 18.9 Å². The number of nitrogens with zero attached hydrogens (tertiary/aromatic N) is 1. The Balaban J connectivity index is 2.03.